The number of furan rings is 1. The van der Waals surface area contributed by atoms with Crippen LogP contribution in [0.2, 0.25) is 5.22 Å². The van der Waals surface area contributed by atoms with Crippen molar-refractivity contribution in [3.8, 4) is 11.7 Å². The minimum Gasteiger partial charge on any atom is -0.440 e. The molecule has 2 aromatic carbocycles. The number of carbonyl (C=O) groups excluding carboxylic acids is 1. The van der Waals surface area contributed by atoms with Crippen LogP contribution < -0.4 is 5.32 Å². The first-order chi connectivity index (χ1) is 14.7. The van der Waals surface area contributed by atoms with Gasteiger partial charge in [-0.2, -0.15) is 0 Å². The van der Waals surface area contributed by atoms with E-state index in [0.29, 0.717) is 5.76 Å². The number of nitrogens with one attached hydrogen (secondary N) is 1. The van der Waals surface area contributed by atoms with Gasteiger partial charge in [-0.25, -0.2) is 0 Å². The van der Waals surface area contributed by atoms with E-state index in [1.165, 1.54) is 0 Å². The van der Waals surface area contributed by atoms with Gasteiger partial charge in [0.25, 0.3) is 5.89 Å². The largest absolute Gasteiger partial charge is 0.440 e. The Hall–Kier alpha value is -3.71. The number of benzene rings is 2. The zero-order chi connectivity index (χ0) is 20.5. The van der Waals surface area contributed by atoms with Gasteiger partial charge in [-0.15, -0.1) is 5.10 Å². The van der Waals surface area contributed by atoms with E-state index in [1.807, 2.05) is 54.6 Å². The van der Waals surface area contributed by atoms with Crippen LogP contribution in [0.4, 0.5) is 6.01 Å². The molecule has 0 saturated heterocycles. The van der Waals surface area contributed by atoms with Gasteiger partial charge in [0.05, 0.1) is 5.71 Å². The Morgan fingerprint density at radius 2 is 1.73 bits per heavy atom. The molecule has 1 aliphatic heterocycles. The van der Waals surface area contributed by atoms with E-state index >= 15 is 0 Å². The monoisotopic (exact) mass is 418 g/mol. The lowest BCUT2D eigenvalue weighted by atomic mass is 9.96. The van der Waals surface area contributed by atoms with Crippen LogP contribution in [-0.2, 0) is 11.2 Å². The van der Waals surface area contributed by atoms with Crippen molar-refractivity contribution in [3.05, 3.63) is 88.6 Å². The SMILES string of the molecule is O=C1Cc2ccccc2C(c2ccccc2)=N[C@@H]1Nc1nnc(-c2ccc(Cl)o2)o1. The molecule has 0 aliphatic carbocycles. The maximum absolute atomic E-state index is 12.9. The number of hydrogen-bond acceptors (Lipinski definition) is 7. The minimum atomic E-state index is -0.874. The maximum Gasteiger partial charge on any atom is 0.317 e. The second kappa shape index (κ2) is 7.61. The van der Waals surface area contributed by atoms with Crippen LogP contribution >= 0.6 is 11.6 Å². The number of aromatic nitrogens is 2. The van der Waals surface area contributed by atoms with Crippen molar-refractivity contribution in [2.75, 3.05) is 5.32 Å². The summed E-state index contributed by atoms with van der Waals surface area (Å²) in [6, 6.07) is 20.8. The summed E-state index contributed by atoms with van der Waals surface area (Å²) in [4.78, 5) is 17.7. The standard InChI is InChI=1S/C22H15ClN4O3/c23-18-11-10-17(29-18)21-26-27-22(30-21)25-20-16(28)12-14-8-4-5-9-15(14)19(24-20)13-6-2-1-3-7-13/h1-11,20H,12H2,(H,25,27)/t20-/m1/s1. The maximum atomic E-state index is 12.9. The fraction of sp³-hybridized carbons (Fsp3) is 0.0909. The molecule has 0 bridgehead atoms. The highest BCUT2D eigenvalue weighted by Gasteiger charge is 2.27. The molecule has 0 saturated carbocycles. The Morgan fingerprint density at radius 1 is 0.933 bits per heavy atom. The van der Waals surface area contributed by atoms with Gasteiger partial charge in [0.15, 0.2) is 22.9 Å². The third kappa shape index (κ3) is 3.51. The third-order valence-electron chi connectivity index (χ3n) is 4.72. The lowest BCUT2D eigenvalue weighted by Crippen LogP contribution is -2.29. The van der Waals surface area contributed by atoms with Crippen LogP contribution in [0.3, 0.4) is 0 Å². The molecule has 1 aliphatic rings. The highest BCUT2D eigenvalue weighted by Crippen LogP contribution is 2.26. The molecule has 1 atom stereocenters. The van der Waals surface area contributed by atoms with Gasteiger partial charge in [0.1, 0.15) is 0 Å². The molecule has 5 rings (SSSR count). The first kappa shape index (κ1) is 18.3. The zero-order valence-electron chi connectivity index (χ0n) is 15.6. The van der Waals surface area contributed by atoms with Crippen LogP contribution in [0, 0.1) is 0 Å². The van der Waals surface area contributed by atoms with E-state index in [9.17, 15) is 4.79 Å². The van der Waals surface area contributed by atoms with Crippen molar-refractivity contribution in [3.63, 3.8) is 0 Å². The molecule has 2 aromatic heterocycles. The second-order valence-electron chi connectivity index (χ2n) is 6.71. The average Bonchev–Trinajstić information content (AvgIpc) is 3.38. The third-order valence-corrected chi connectivity index (χ3v) is 4.92. The molecular formula is C22H15ClN4O3. The van der Waals surface area contributed by atoms with Crippen LogP contribution in [-0.4, -0.2) is 27.9 Å². The summed E-state index contributed by atoms with van der Waals surface area (Å²) < 4.78 is 10.9. The summed E-state index contributed by atoms with van der Waals surface area (Å²) >= 11 is 5.79. The Kier molecular flexibility index (Phi) is 4.65. The van der Waals surface area contributed by atoms with E-state index in [4.69, 9.17) is 25.4 Å². The highest BCUT2D eigenvalue weighted by atomic mass is 35.5. The molecular weight excluding hydrogens is 404 g/mol. The number of rotatable bonds is 4. The summed E-state index contributed by atoms with van der Waals surface area (Å²) in [5, 5.41) is 11.1. The van der Waals surface area contributed by atoms with Crippen molar-refractivity contribution in [1.29, 1.82) is 0 Å². The van der Waals surface area contributed by atoms with Crippen molar-refractivity contribution in [1.82, 2.24) is 10.2 Å². The molecule has 4 aromatic rings. The Morgan fingerprint density at radius 3 is 2.53 bits per heavy atom. The van der Waals surface area contributed by atoms with E-state index in [2.05, 4.69) is 15.5 Å². The summed E-state index contributed by atoms with van der Waals surface area (Å²) in [6.07, 6.45) is -0.635. The molecule has 148 valence electrons. The summed E-state index contributed by atoms with van der Waals surface area (Å²) in [5.74, 6) is 0.392. The first-order valence-electron chi connectivity index (χ1n) is 9.27. The number of nitrogens with zero attached hydrogens (tertiary/aromatic N) is 3. The number of carbonyl (C=O) groups is 1. The highest BCUT2D eigenvalue weighted by molar-refractivity contribution is 6.29. The van der Waals surface area contributed by atoms with Gasteiger partial charge in [-0.05, 0) is 29.3 Å². The molecule has 0 unspecified atom stereocenters. The van der Waals surface area contributed by atoms with Crippen LogP contribution in [0.25, 0.3) is 11.7 Å². The minimum absolute atomic E-state index is 0.0676. The molecule has 3 heterocycles. The van der Waals surface area contributed by atoms with Crippen LogP contribution in [0.15, 0.2) is 80.6 Å². The molecule has 0 radical (unpaired) electrons. The number of ketones is 1. The zero-order valence-corrected chi connectivity index (χ0v) is 16.3. The lowest BCUT2D eigenvalue weighted by Gasteiger charge is -2.11. The fourth-order valence-corrected chi connectivity index (χ4v) is 3.47. The Labute approximate surface area is 176 Å². The molecule has 1 N–H and O–H groups in total. The molecule has 0 spiro atoms. The summed E-state index contributed by atoms with van der Waals surface area (Å²) in [5.41, 5.74) is 3.50. The number of halogens is 1. The van der Waals surface area contributed by atoms with Crippen molar-refractivity contribution in [2.24, 2.45) is 4.99 Å². The molecule has 0 fully saturated rings. The Balaban J connectivity index is 1.51. The van der Waals surface area contributed by atoms with Gasteiger partial charge in [-0.3, -0.25) is 9.79 Å². The van der Waals surface area contributed by atoms with E-state index in [1.54, 1.807) is 12.1 Å². The van der Waals surface area contributed by atoms with Crippen molar-refractivity contribution < 1.29 is 13.6 Å². The van der Waals surface area contributed by atoms with Crippen molar-refractivity contribution >= 4 is 29.1 Å². The first-order valence-corrected chi connectivity index (χ1v) is 9.65. The molecule has 7 nitrogen and oxygen atoms in total. The van der Waals surface area contributed by atoms with Crippen molar-refractivity contribution in [2.45, 2.75) is 12.6 Å². The van der Waals surface area contributed by atoms with Gasteiger partial charge >= 0.3 is 6.01 Å². The molecule has 30 heavy (non-hydrogen) atoms. The Bertz CT molecular complexity index is 1250. The number of Topliss-reactive ketones (excluding diaryl/α,β-unsaturated/α-hetero) is 1. The van der Waals surface area contributed by atoms with E-state index in [0.717, 1.165) is 22.4 Å². The normalized spacial score (nSPS) is 16.0. The molecule has 8 heteroatoms. The van der Waals surface area contributed by atoms with Crippen LogP contribution in [0.1, 0.15) is 16.7 Å². The van der Waals surface area contributed by atoms with Gasteiger partial charge in [-0.1, -0.05) is 59.7 Å². The smallest absolute Gasteiger partial charge is 0.317 e. The van der Waals surface area contributed by atoms with Gasteiger partial charge in [0.2, 0.25) is 0 Å². The number of anilines is 1. The quantitative estimate of drug-likeness (QED) is 0.528. The fourth-order valence-electron chi connectivity index (χ4n) is 3.33. The topological polar surface area (TPSA) is 93.5 Å². The number of fused-ring (bicyclic) bond motifs is 1. The summed E-state index contributed by atoms with van der Waals surface area (Å²) in [7, 11) is 0. The number of hydrogen-bond donors (Lipinski definition) is 1. The van der Waals surface area contributed by atoms with Gasteiger partial charge in [0, 0.05) is 17.5 Å². The average molecular weight is 419 g/mol. The predicted octanol–water partition coefficient (Wildman–Crippen LogP) is 4.38. The van der Waals surface area contributed by atoms with E-state index in [-0.39, 0.29) is 29.3 Å². The second-order valence-corrected chi connectivity index (χ2v) is 7.08. The predicted molar refractivity (Wildman–Crippen MR) is 112 cm³/mol. The van der Waals surface area contributed by atoms with E-state index < -0.39 is 6.17 Å². The van der Waals surface area contributed by atoms with Gasteiger partial charge < -0.3 is 14.2 Å². The molecule has 0 amide bonds. The lowest BCUT2D eigenvalue weighted by molar-refractivity contribution is -0.119. The van der Waals surface area contributed by atoms with Crippen LogP contribution in [0.5, 0.6) is 0 Å². The summed E-state index contributed by atoms with van der Waals surface area (Å²) in [6.45, 7) is 0. The number of aliphatic imine (C=N–C) groups is 1.